The van der Waals surface area contributed by atoms with Crippen molar-refractivity contribution in [3.63, 3.8) is 0 Å². The van der Waals surface area contributed by atoms with Crippen LogP contribution in [0.2, 0.25) is 0 Å². The Balaban J connectivity index is 1.51. The number of carbonyl (C=O) groups excluding carboxylic acids is 1. The number of nitrogen functional groups attached to an aromatic ring is 1. The first-order chi connectivity index (χ1) is 12.1. The van der Waals surface area contributed by atoms with Gasteiger partial charge in [0.15, 0.2) is 0 Å². The number of aryl methyl sites for hydroxylation is 1. The largest absolute Gasteiger partial charge is 0.399 e. The maximum Gasteiger partial charge on any atom is 0.254 e. The van der Waals surface area contributed by atoms with E-state index in [1.165, 1.54) is 0 Å². The van der Waals surface area contributed by atoms with Crippen molar-refractivity contribution < 1.29 is 4.79 Å². The van der Waals surface area contributed by atoms with Crippen molar-refractivity contribution >= 4 is 39.0 Å². The molecule has 0 bridgehead atoms. The van der Waals surface area contributed by atoms with Gasteiger partial charge in [0, 0.05) is 37.4 Å². The fourth-order valence-corrected chi connectivity index (χ4v) is 3.92. The highest BCUT2D eigenvalue weighted by molar-refractivity contribution is 7.16. The monoisotopic (exact) mass is 353 g/mol. The van der Waals surface area contributed by atoms with Gasteiger partial charge in [-0.1, -0.05) is 6.07 Å². The lowest BCUT2D eigenvalue weighted by atomic mass is 10.1. The van der Waals surface area contributed by atoms with Crippen molar-refractivity contribution in [3.05, 3.63) is 47.1 Å². The summed E-state index contributed by atoms with van der Waals surface area (Å²) in [6.45, 7) is 4.80. The minimum absolute atomic E-state index is 0.0489. The average molecular weight is 353 g/mol. The number of nitrogens with zero attached hydrogens (tertiary/aromatic N) is 4. The molecule has 128 valence electrons. The van der Waals surface area contributed by atoms with E-state index in [9.17, 15) is 4.79 Å². The number of anilines is 2. The van der Waals surface area contributed by atoms with Gasteiger partial charge in [-0.3, -0.25) is 4.79 Å². The second-order valence-corrected chi connectivity index (χ2v) is 7.08. The standard InChI is InChI=1S/C18H19N5OS/c1-12-2-3-13(19)10-15(12)18(24)23-7-5-22(6-8-23)16-14-4-9-25-17(14)21-11-20-16/h2-4,9-11H,5-8,19H2,1H3. The highest BCUT2D eigenvalue weighted by atomic mass is 32.1. The van der Waals surface area contributed by atoms with E-state index in [1.54, 1.807) is 23.7 Å². The van der Waals surface area contributed by atoms with E-state index in [2.05, 4.69) is 20.9 Å². The van der Waals surface area contributed by atoms with Gasteiger partial charge in [-0.2, -0.15) is 0 Å². The van der Waals surface area contributed by atoms with Crippen molar-refractivity contribution in [2.24, 2.45) is 0 Å². The van der Waals surface area contributed by atoms with E-state index < -0.39 is 0 Å². The number of nitrogens with two attached hydrogens (primary N) is 1. The number of piperazine rings is 1. The van der Waals surface area contributed by atoms with Crippen molar-refractivity contribution in [2.45, 2.75) is 6.92 Å². The first kappa shape index (κ1) is 15.8. The zero-order chi connectivity index (χ0) is 17.4. The Morgan fingerprint density at radius 3 is 2.76 bits per heavy atom. The maximum absolute atomic E-state index is 12.8. The van der Waals surface area contributed by atoms with Gasteiger partial charge < -0.3 is 15.5 Å². The number of hydrogen-bond donors (Lipinski definition) is 1. The maximum atomic E-state index is 12.8. The number of rotatable bonds is 2. The average Bonchev–Trinajstić information content (AvgIpc) is 3.12. The molecule has 4 rings (SSSR count). The summed E-state index contributed by atoms with van der Waals surface area (Å²) in [4.78, 5) is 26.7. The molecule has 1 saturated heterocycles. The zero-order valence-electron chi connectivity index (χ0n) is 14.0. The molecule has 0 unspecified atom stereocenters. The SMILES string of the molecule is Cc1ccc(N)cc1C(=O)N1CCN(c2ncnc3sccc23)CC1. The van der Waals surface area contributed by atoms with Crippen LogP contribution < -0.4 is 10.6 Å². The number of carbonyl (C=O) groups is 1. The number of aromatic nitrogens is 2. The molecule has 0 atom stereocenters. The van der Waals surface area contributed by atoms with Crippen LogP contribution in [0.4, 0.5) is 11.5 Å². The van der Waals surface area contributed by atoms with Crippen molar-refractivity contribution in [2.75, 3.05) is 36.8 Å². The summed E-state index contributed by atoms with van der Waals surface area (Å²) < 4.78 is 0. The van der Waals surface area contributed by atoms with Gasteiger partial charge in [0.05, 0.1) is 5.39 Å². The lowest BCUT2D eigenvalue weighted by Gasteiger charge is -2.35. The first-order valence-electron chi connectivity index (χ1n) is 8.22. The molecule has 2 aromatic heterocycles. The molecule has 3 aromatic rings. The van der Waals surface area contributed by atoms with E-state index in [0.717, 1.165) is 34.7 Å². The minimum Gasteiger partial charge on any atom is -0.399 e. The highest BCUT2D eigenvalue weighted by Gasteiger charge is 2.25. The van der Waals surface area contributed by atoms with Gasteiger partial charge in [-0.25, -0.2) is 9.97 Å². The molecule has 1 aliphatic heterocycles. The molecule has 2 N–H and O–H groups in total. The molecule has 1 fully saturated rings. The molecule has 1 aliphatic rings. The summed E-state index contributed by atoms with van der Waals surface area (Å²) in [6.07, 6.45) is 1.61. The third kappa shape index (κ3) is 2.91. The summed E-state index contributed by atoms with van der Waals surface area (Å²) in [5, 5.41) is 3.12. The van der Waals surface area contributed by atoms with Crippen LogP contribution in [0.15, 0.2) is 36.0 Å². The molecule has 25 heavy (non-hydrogen) atoms. The summed E-state index contributed by atoms with van der Waals surface area (Å²) in [5.41, 5.74) is 8.11. The van der Waals surface area contributed by atoms with E-state index in [1.807, 2.05) is 29.3 Å². The molecular formula is C18H19N5OS. The Labute approximate surface area is 149 Å². The third-order valence-corrected chi connectivity index (χ3v) is 5.42. The normalized spacial score (nSPS) is 14.9. The lowest BCUT2D eigenvalue weighted by Crippen LogP contribution is -2.49. The Hall–Kier alpha value is -2.67. The van der Waals surface area contributed by atoms with Crippen LogP contribution in [0.3, 0.4) is 0 Å². The smallest absolute Gasteiger partial charge is 0.254 e. The van der Waals surface area contributed by atoms with Crippen molar-refractivity contribution in [3.8, 4) is 0 Å². The molecule has 1 aromatic carbocycles. The van der Waals surface area contributed by atoms with E-state index in [0.29, 0.717) is 24.3 Å². The Morgan fingerprint density at radius 1 is 1.16 bits per heavy atom. The molecule has 7 heteroatoms. The second-order valence-electron chi connectivity index (χ2n) is 6.19. The summed E-state index contributed by atoms with van der Waals surface area (Å²) in [7, 11) is 0. The number of amides is 1. The van der Waals surface area contributed by atoms with Gasteiger partial charge in [0.2, 0.25) is 0 Å². The van der Waals surface area contributed by atoms with Gasteiger partial charge >= 0.3 is 0 Å². The second kappa shape index (κ2) is 6.33. The number of fused-ring (bicyclic) bond motifs is 1. The minimum atomic E-state index is 0.0489. The summed E-state index contributed by atoms with van der Waals surface area (Å²) in [5.74, 6) is 1.01. The Morgan fingerprint density at radius 2 is 1.96 bits per heavy atom. The van der Waals surface area contributed by atoms with Crippen LogP contribution in [0.5, 0.6) is 0 Å². The molecule has 0 radical (unpaired) electrons. The van der Waals surface area contributed by atoms with E-state index >= 15 is 0 Å². The van der Waals surface area contributed by atoms with Crippen LogP contribution in [0.25, 0.3) is 10.2 Å². The fourth-order valence-electron chi connectivity index (χ4n) is 3.19. The summed E-state index contributed by atoms with van der Waals surface area (Å²) >= 11 is 1.62. The predicted octanol–water partition coefficient (Wildman–Crippen LogP) is 2.54. The number of hydrogen-bond acceptors (Lipinski definition) is 6. The molecule has 0 aliphatic carbocycles. The van der Waals surface area contributed by atoms with Crippen LogP contribution in [-0.4, -0.2) is 47.0 Å². The van der Waals surface area contributed by atoms with Crippen molar-refractivity contribution in [1.29, 1.82) is 0 Å². The third-order valence-electron chi connectivity index (χ3n) is 4.60. The predicted molar refractivity (Wildman–Crippen MR) is 101 cm³/mol. The van der Waals surface area contributed by atoms with Gasteiger partial charge in [-0.15, -0.1) is 11.3 Å². The molecule has 1 amide bonds. The quantitative estimate of drug-likeness (QED) is 0.717. The highest BCUT2D eigenvalue weighted by Crippen LogP contribution is 2.27. The van der Waals surface area contributed by atoms with Crippen LogP contribution in [-0.2, 0) is 0 Å². The van der Waals surface area contributed by atoms with E-state index in [-0.39, 0.29) is 5.91 Å². The fraction of sp³-hybridized carbons (Fsp3) is 0.278. The Kier molecular flexibility index (Phi) is 4.01. The summed E-state index contributed by atoms with van der Waals surface area (Å²) in [6, 6.07) is 7.55. The number of thiophene rings is 1. The molecule has 6 nitrogen and oxygen atoms in total. The molecule has 0 saturated carbocycles. The molecule has 0 spiro atoms. The van der Waals surface area contributed by atoms with Gasteiger partial charge in [0.1, 0.15) is 17.0 Å². The van der Waals surface area contributed by atoms with Gasteiger partial charge in [-0.05, 0) is 36.1 Å². The van der Waals surface area contributed by atoms with Crippen LogP contribution in [0, 0.1) is 6.92 Å². The first-order valence-corrected chi connectivity index (χ1v) is 9.10. The van der Waals surface area contributed by atoms with Crippen molar-refractivity contribution in [1.82, 2.24) is 14.9 Å². The Bertz CT molecular complexity index is 930. The zero-order valence-corrected chi connectivity index (χ0v) is 14.8. The van der Waals surface area contributed by atoms with Crippen LogP contribution in [0.1, 0.15) is 15.9 Å². The molecule has 3 heterocycles. The van der Waals surface area contributed by atoms with Crippen LogP contribution >= 0.6 is 11.3 Å². The molecular weight excluding hydrogens is 334 g/mol. The van der Waals surface area contributed by atoms with Gasteiger partial charge in [0.25, 0.3) is 5.91 Å². The number of benzene rings is 1. The lowest BCUT2D eigenvalue weighted by molar-refractivity contribution is 0.0746. The topological polar surface area (TPSA) is 75.4 Å². The van der Waals surface area contributed by atoms with E-state index in [4.69, 9.17) is 5.73 Å².